The van der Waals surface area contributed by atoms with E-state index < -0.39 is 0 Å². The van der Waals surface area contributed by atoms with E-state index in [9.17, 15) is 4.79 Å². The molecule has 5 nitrogen and oxygen atoms in total. The molecule has 0 aliphatic rings. The molecule has 0 radical (unpaired) electrons. The molecule has 0 unspecified atom stereocenters. The third-order valence-corrected chi connectivity index (χ3v) is 3.67. The van der Waals surface area contributed by atoms with Gasteiger partial charge in [-0.25, -0.2) is 5.43 Å². The van der Waals surface area contributed by atoms with Gasteiger partial charge in [0.1, 0.15) is 11.5 Å². The van der Waals surface area contributed by atoms with Crippen LogP contribution in [0.5, 0.6) is 0 Å². The summed E-state index contributed by atoms with van der Waals surface area (Å²) in [6.45, 7) is 0. The SMILES string of the molecule is O=C(N/N=C/c1ccc(-c2cc(Cl)ccc2Cl)o1)c1cccnc1. The number of nitrogens with one attached hydrogen (secondary N) is 1. The van der Waals surface area contributed by atoms with Gasteiger partial charge < -0.3 is 4.42 Å². The summed E-state index contributed by atoms with van der Waals surface area (Å²) in [7, 11) is 0. The second kappa shape index (κ2) is 7.29. The Kier molecular flexibility index (Phi) is 4.93. The summed E-state index contributed by atoms with van der Waals surface area (Å²) in [5.41, 5.74) is 3.50. The van der Waals surface area contributed by atoms with Crippen LogP contribution >= 0.6 is 23.2 Å². The highest BCUT2D eigenvalue weighted by molar-refractivity contribution is 6.35. The van der Waals surface area contributed by atoms with E-state index in [1.165, 1.54) is 12.4 Å². The number of halogens is 2. The van der Waals surface area contributed by atoms with Gasteiger partial charge in [0.05, 0.1) is 16.8 Å². The Balaban J connectivity index is 1.70. The van der Waals surface area contributed by atoms with Crippen LogP contribution in [0.2, 0.25) is 10.0 Å². The van der Waals surface area contributed by atoms with Crippen molar-refractivity contribution in [1.82, 2.24) is 10.4 Å². The Hall–Kier alpha value is -2.63. The molecule has 2 aromatic heterocycles. The Morgan fingerprint density at radius 1 is 1.21 bits per heavy atom. The lowest BCUT2D eigenvalue weighted by Gasteiger charge is -2.01. The van der Waals surface area contributed by atoms with Crippen molar-refractivity contribution in [3.63, 3.8) is 0 Å². The molecule has 0 aliphatic carbocycles. The largest absolute Gasteiger partial charge is 0.455 e. The van der Waals surface area contributed by atoms with E-state index in [1.807, 2.05) is 0 Å². The van der Waals surface area contributed by atoms with Gasteiger partial charge in [0, 0.05) is 23.0 Å². The summed E-state index contributed by atoms with van der Waals surface area (Å²) in [4.78, 5) is 15.7. The fraction of sp³-hybridized carbons (Fsp3) is 0. The van der Waals surface area contributed by atoms with Gasteiger partial charge in [0.15, 0.2) is 0 Å². The maximum Gasteiger partial charge on any atom is 0.272 e. The van der Waals surface area contributed by atoms with E-state index >= 15 is 0 Å². The lowest BCUT2D eigenvalue weighted by atomic mass is 10.2. The monoisotopic (exact) mass is 359 g/mol. The number of furan rings is 1. The molecular formula is C17H11Cl2N3O2. The minimum Gasteiger partial charge on any atom is -0.455 e. The molecule has 1 N–H and O–H groups in total. The summed E-state index contributed by atoms with van der Waals surface area (Å²) >= 11 is 12.1. The summed E-state index contributed by atoms with van der Waals surface area (Å²) < 4.78 is 5.64. The van der Waals surface area contributed by atoms with Gasteiger partial charge in [-0.1, -0.05) is 23.2 Å². The lowest BCUT2D eigenvalue weighted by Crippen LogP contribution is -2.17. The van der Waals surface area contributed by atoms with Crippen molar-refractivity contribution in [2.45, 2.75) is 0 Å². The fourth-order valence-electron chi connectivity index (χ4n) is 1.97. The number of benzene rings is 1. The van der Waals surface area contributed by atoms with Crippen molar-refractivity contribution in [2.24, 2.45) is 5.10 Å². The second-order valence-electron chi connectivity index (χ2n) is 4.77. The predicted molar refractivity (Wildman–Crippen MR) is 93.5 cm³/mol. The van der Waals surface area contributed by atoms with E-state index in [2.05, 4.69) is 15.5 Å². The third kappa shape index (κ3) is 3.82. The van der Waals surface area contributed by atoms with Gasteiger partial charge in [-0.15, -0.1) is 0 Å². The lowest BCUT2D eigenvalue weighted by molar-refractivity contribution is 0.0955. The van der Waals surface area contributed by atoms with Gasteiger partial charge in [-0.2, -0.15) is 5.10 Å². The van der Waals surface area contributed by atoms with Crippen molar-refractivity contribution in [3.8, 4) is 11.3 Å². The number of nitrogens with zero attached hydrogens (tertiary/aromatic N) is 2. The van der Waals surface area contributed by atoms with Gasteiger partial charge in [-0.05, 0) is 42.5 Å². The summed E-state index contributed by atoms with van der Waals surface area (Å²) in [6, 6.07) is 11.9. The number of hydrogen-bond acceptors (Lipinski definition) is 4. The number of pyridine rings is 1. The Morgan fingerprint density at radius 2 is 2.08 bits per heavy atom. The zero-order valence-electron chi connectivity index (χ0n) is 12.2. The first-order valence-corrected chi connectivity index (χ1v) is 7.68. The van der Waals surface area contributed by atoms with E-state index in [4.69, 9.17) is 27.6 Å². The predicted octanol–water partition coefficient (Wildman–Crippen LogP) is 4.41. The van der Waals surface area contributed by atoms with E-state index in [0.29, 0.717) is 32.7 Å². The van der Waals surface area contributed by atoms with Crippen molar-refractivity contribution in [3.05, 3.63) is 76.2 Å². The average Bonchev–Trinajstić information content (AvgIpc) is 3.06. The molecular weight excluding hydrogens is 349 g/mol. The number of aromatic nitrogens is 1. The summed E-state index contributed by atoms with van der Waals surface area (Å²) in [5, 5.41) is 4.95. The number of carbonyl (C=O) groups is 1. The zero-order valence-corrected chi connectivity index (χ0v) is 13.8. The average molecular weight is 360 g/mol. The normalized spacial score (nSPS) is 10.9. The van der Waals surface area contributed by atoms with Crippen LogP contribution in [-0.4, -0.2) is 17.1 Å². The quantitative estimate of drug-likeness (QED) is 0.554. The molecule has 2 heterocycles. The zero-order chi connectivity index (χ0) is 16.9. The molecule has 0 bridgehead atoms. The molecule has 3 aromatic rings. The maximum atomic E-state index is 11.8. The van der Waals surface area contributed by atoms with Gasteiger partial charge >= 0.3 is 0 Å². The molecule has 0 atom stereocenters. The maximum absolute atomic E-state index is 11.8. The van der Waals surface area contributed by atoms with Crippen LogP contribution in [0, 0.1) is 0 Å². The third-order valence-electron chi connectivity index (χ3n) is 3.10. The summed E-state index contributed by atoms with van der Waals surface area (Å²) in [6.07, 6.45) is 4.44. The molecule has 0 fully saturated rings. The number of rotatable bonds is 4. The number of hydrazone groups is 1. The van der Waals surface area contributed by atoms with Crippen LogP contribution in [-0.2, 0) is 0 Å². The van der Waals surface area contributed by atoms with Crippen molar-refractivity contribution >= 4 is 35.3 Å². The standard InChI is InChI=1S/C17H11Cl2N3O2/c18-12-3-5-15(19)14(8-12)16-6-4-13(24-16)10-21-22-17(23)11-2-1-7-20-9-11/h1-10H,(H,22,23)/b21-10+. The van der Waals surface area contributed by atoms with E-state index in [-0.39, 0.29) is 5.91 Å². The van der Waals surface area contributed by atoms with Crippen molar-refractivity contribution in [1.29, 1.82) is 0 Å². The molecule has 24 heavy (non-hydrogen) atoms. The smallest absolute Gasteiger partial charge is 0.272 e. The van der Waals surface area contributed by atoms with Crippen LogP contribution in [0.1, 0.15) is 16.1 Å². The van der Waals surface area contributed by atoms with Gasteiger partial charge in [0.2, 0.25) is 0 Å². The van der Waals surface area contributed by atoms with Crippen molar-refractivity contribution < 1.29 is 9.21 Å². The highest BCUT2D eigenvalue weighted by Crippen LogP contribution is 2.31. The minimum absolute atomic E-state index is 0.357. The Bertz CT molecular complexity index is 892. The van der Waals surface area contributed by atoms with Crippen LogP contribution in [0.4, 0.5) is 0 Å². The molecule has 7 heteroatoms. The number of hydrogen-bond donors (Lipinski definition) is 1. The summed E-state index contributed by atoms with van der Waals surface area (Å²) in [5.74, 6) is 0.666. The van der Waals surface area contributed by atoms with E-state index in [1.54, 1.807) is 48.7 Å². The molecule has 0 aliphatic heterocycles. The number of amides is 1. The van der Waals surface area contributed by atoms with Crippen LogP contribution in [0.3, 0.4) is 0 Å². The first kappa shape index (κ1) is 16.2. The molecule has 3 rings (SSSR count). The Morgan fingerprint density at radius 3 is 2.88 bits per heavy atom. The second-order valence-corrected chi connectivity index (χ2v) is 5.61. The van der Waals surface area contributed by atoms with Crippen LogP contribution < -0.4 is 5.43 Å². The molecule has 120 valence electrons. The molecule has 1 amide bonds. The number of carbonyl (C=O) groups excluding carboxylic acids is 1. The topological polar surface area (TPSA) is 67.5 Å². The molecule has 0 saturated carbocycles. The molecule has 0 spiro atoms. The van der Waals surface area contributed by atoms with Crippen LogP contribution in [0.15, 0.2) is 64.4 Å². The fourth-order valence-corrected chi connectivity index (χ4v) is 2.35. The first-order valence-electron chi connectivity index (χ1n) is 6.92. The van der Waals surface area contributed by atoms with E-state index in [0.717, 1.165) is 0 Å². The Labute approximate surface area is 147 Å². The highest BCUT2D eigenvalue weighted by atomic mass is 35.5. The molecule has 0 saturated heterocycles. The minimum atomic E-state index is -0.357. The van der Waals surface area contributed by atoms with Gasteiger partial charge in [-0.3, -0.25) is 9.78 Å². The van der Waals surface area contributed by atoms with Crippen LogP contribution in [0.25, 0.3) is 11.3 Å². The first-order chi connectivity index (χ1) is 11.6. The highest BCUT2D eigenvalue weighted by Gasteiger charge is 2.09. The van der Waals surface area contributed by atoms with Crippen molar-refractivity contribution in [2.75, 3.05) is 0 Å². The van der Waals surface area contributed by atoms with Gasteiger partial charge in [0.25, 0.3) is 5.91 Å². The molecule has 1 aromatic carbocycles.